The number of hydrogen-bond donors (Lipinski definition) is 1. The monoisotopic (exact) mass is 388 g/mol. The third-order valence-corrected chi connectivity index (χ3v) is 3.81. The molecule has 7 heteroatoms. The molecule has 2 rings (SSSR count). The van der Waals surface area contributed by atoms with Crippen LogP contribution in [-0.2, 0) is 0 Å². The highest BCUT2D eigenvalue weighted by Crippen LogP contribution is 2.25. The maximum atomic E-state index is 13.7. The Kier molecular flexibility index (Phi) is 5.66. The van der Waals surface area contributed by atoms with E-state index in [1.807, 2.05) is 43.3 Å². The van der Waals surface area contributed by atoms with E-state index in [0.29, 0.717) is 0 Å². The predicted molar refractivity (Wildman–Crippen MR) is 94.6 cm³/mol. The molecule has 0 saturated carbocycles. The zero-order chi connectivity index (χ0) is 17.7. The first-order chi connectivity index (χ1) is 11.4. The lowest BCUT2D eigenvalue weighted by atomic mass is 10.1. The van der Waals surface area contributed by atoms with Gasteiger partial charge in [0.15, 0.2) is 0 Å². The van der Waals surface area contributed by atoms with Gasteiger partial charge in [0.2, 0.25) is 0 Å². The van der Waals surface area contributed by atoms with Crippen molar-refractivity contribution in [3.8, 4) is 6.07 Å². The fourth-order valence-electron chi connectivity index (χ4n) is 1.96. The highest BCUT2D eigenvalue weighted by Gasteiger charge is 2.11. The van der Waals surface area contributed by atoms with Gasteiger partial charge >= 0.3 is 0 Å². The zero-order valence-electron chi connectivity index (χ0n) is 13.0. The standard InChI is InChI=1S/C17H14BrFN4O/c1-23(2)16-6-4-12(7-14(16)18)10-21-22-17(24)13-5-3-11(9-20)8-15(13)19/h3-8,10H,1-2H3,(H,22,24)/b21-10-. The van der Waals surface area contributed by atoms with E-state index < -0.39 is 11.7 Å². The molecule has 24 heavy (non-hydrogen) atoms. The summed E-state index contributed by atoms with van der Waals surface area (Å²) in [6.45, 7) is 0. The van der Waals surface area contributed by atoms with Crippen molar-refractivity contribution >= 4 is 33.7 Å². The van der Waals surface area contributed by atoms with Gasteiger partial charge in [0.1, 0.15) is 5.82 Å². The SMILES string of the molecule is CN(C)c1ccc(/C=N\NC(=O)c2ccc(C#N)cc2F)cc1Br. The summed E-state index contributed by atoms with van der Waals surface area (Å²) in [6.07, 6.45) is 1.46. The molecule has 0 aliphatic carbocycles. The third-order valence-electron chi connectivity index (χ3n) is 3.18. The summed E-state index contributed by atoms with van der Waals surface area (Å²) in [6, 6.07) is 11.1. The minimum Gasteiger partial charge on any atom is -0.377 e. The summed E-state index contributed by atoms with van der Waals surface area (Å²) < 4.78 is 14.6. The molecule has 122 valence electrons. The van der Waals surface area contributed by atoms with Gasteiger partial charge in [0.05, 0.1) is 29.1 Å². The number of nitrogens with one attached hydrogen (secondary N) is 1. The Morgan fingerprint density at radius 3 is 2.67 bits per heavy atom. The second kappa shape index (κ2) is 7.70. The Morgan fingerprint density at radius 2 is 2.08 bits per heavy atom. The number of nitriles is 1. The van der Waals surface area contributed by atoms with Crippen LogP contribution in [0.15, 0.2) is 46.0 Å². The molecule has 0 aliphatic heterocycles. The van der Waals surface area contributed by atoms with Gasteiger partial charge in [0, 0.05) is 18.6 Å². The molecule has 1 amide bonds. The molecular formula is C17H14BrFN4O. The van der Waals surface area contributed by atoms with E-state index in [1.165, 1.54) is 18.3 Å². The molecule has 0 radical (unpaired) electrons. The van der Waals surface area contributed by atoms with Crippen molar-refractivity contribution in [3.05, 3.63) is 63.4 Å². The van der Waals surface area contributed by atoms with Crippen LogP contribution >= 0.6 is 15.9 Å². The van der Waals surface area contributed by atoms with Crippen molar-refractivity contribution in [2.45, 2.75) is 0 Å². The molecule has 0 aromatic heterocycles. The summed E-state index contributed by atoms with van der Waals surface area (Å²) in [7, 11) is 3.86. The number of nitrogens with zero attached hydrogens (tertiary/aromatic N) is 3. The molecule has 2 aromatic rings. The number of carbonyl (C=O) groups excluding carboxylic acids is 1. The first-order valence-corrected chi connectivity index (χ1v) is 7.71. The predicted octanol–water partition coefficient (Wildman–Crippen LogP) is 3.29. The van der Waals surface area contributed by atoms with Crippen molar-refractivity contribution in [3.63, 3.8) is 0 Å². The molecule has 0 unspecified atom stereocenters. The van der Waals surface area contributed by atoms with Crippen molar-refractivity contribution in [2.24, 2.45) is 5.10 Å². The van der Waals surface area contributed by atoms with Gasteiger partial charge in [-0.25, -0.2) is 9.82 Å². The number of rotatable bonds is 4. The molecule has 5 nitrogen and oxygen atoms in total. The van der Waals surface area contributed by atoms with E-state index in [-0.39, 0.29) is 11.1 Å². The van der Waals surface area contributed by atoms with Crippen molar-refractivity contribution in [2.75, 3.05) is 19.0 Å². The van der Waals surface area contributed by atoms with E-state index in [4.69, 9.17) is 5.26 Å². The Morgan fingerprint density at radius 1 is 1.33 bits per heavy atom. The van der Waals surface area contributed by atoms with Crippen molar-refractivity contribution < 1.29 is 9.18 Å². The molecule has 0 atom stereocenters. The molecule has 0 bridgehead atoms. The largest absolute Gasteiger partial charge is 0.377 e. The molecule has 0 aliphatic rings. The Hall–Kier alpha value is -2.72. The Bertz CT molecular complexity index is 843. The van der Waals surface area contributed by atoms with Crippen LogP contribution in [-0.4, -0.2) is 26.2 Å². The van der Waals surface area contributed by atoms with Crippen molar-refractivity contribution in [1.29, 1.82) is 5.26 Å². The summed E-state index contributed by atoms with van der Waals surface area (Å²) in [5.41, 5.74) is 4.03. The van der Waals surface area contributed by atoms with Gasteiger partial charge in [-0.2, -0.15) is 10.4 Å². The van der Waals surface area contributed by atoms with Crippen LogP contribution < -0.4 is 10.3 Å². The van der Waals surface area contributed by atoms with Crippen LogP contribution in [0.1, 0.15) is 21.5 Å². The summed E-state index contributed by atoms with van der Waals surface area (Å²) in [5.74, 6) is -1.45. The highest BCUT2D eigenvalue weighted by atomic mass is 79.9. The van der Waals surface area contributed by atoms with Crippen LogP contribution in [0.3, 0.4) is 0 Å². The van der Waals surface area contributed by atoms with E-state index >= 15 is 0 Å². The summed E-state index contributed by atoms with van der Waals surface area (Å²) >= 11 is 3.46. The highest BCUT2D eigenvalue weighted by molar-refractivity contribution is 9.10. The van der Waals surface area contributed by atoms with Gasteiger partial charge < -0.3 is 4.90 Å². The summed E-state index contributed by atoms with van der Waals surface area (Å²) in [5, 5.41) is 12.5. The van der Waals surface area contributed by atoms with Crippen LogP contribution in [0.25, 0.3) is 0 Å². The molecule has 0 heterocycles. The molecule has 0 spiro atoms. The fraction of sp³-hybridized carbons (Fsp3) is 0.118. The number of carbonyl (C=O) groups is 1. The Balaban J connectivity index is 2.08. The summed E-state index contributed by atoms with van der Waals surface area (Å²) in [4.78, 5) is 13.9. The van der Waals surface area contributed by atoms with Crippen molar-refractivity contribution in [1.82, 2.24) is 5.43 Å². The topological polar surface area (TPSA) is 68.5 Å². The normalized spacial score (nSPS) is 10.5. The Labute approximate surface area is 147 Å². The van der Waals surface area contributed by atoms with Gasteiger partial charge in [-0.3, -0.25) is 4.79 Å². The first-order valence-electron chi connectivity index (χ1n) is 6.92. The number of benzene rings is 2. The fourth-order valence-corrected chi connectivity index (χ4v) is 2.71. The lowest BCUT2D eigenvalue weighted by Gasteiger charge is -2.14. The number of anilines is 1. The minimum atomic E-state index is -0.764. The maximum absolute atomic E-state index is 13.7. The third kappa shape index (κ3) is 4.18. The van der Waals surface area contributed by atoms with Gasteiger partial charge in [-0.05, 0) is 51.8 Å². The van der Waals surface area contributed by atoms with E-state index in [1.54, 1.807) is 0 Å². The number of hydrogen-bond acceptors (Lipinski definition) is 4. The number of hydrazone groups is 1. The second-order valence-electron chi connectivity index (χ2n) is 5.11. The number of halogens is 2. The quantitative estimate of drug-likeness (QED) is 0.645. The molecule has 0 fully saturated rings. The molecule has 1 N–H and O–H groups in total. The van der Waals surface area contributed by atoms with Crippen LogP contribution in [0.4, 0.5) is 10.1 Å². The molecule has 2 aromatic carbocycles. The zero-order valence-corrected chi connectivity index (χ0v) is 14.6. The first kappa shape index (κ1) is 17.6. The maximum Gasteiger partial charge on any atom is 0.274 e. The van der Waals surface area contributed by atoms with E-state index in [2.05, 4.69) is 26.5 Å². The second-order valence-corrected chi connectivity index (χ2v) is 5.97. The van der Waals surface area contributed by atoms with Gasteiger partial charge in [-0.15, -0.1) is 0 Å². The number of amides is 1. The molecule has 0 saturated heterocycles. The molecular weight excluding hydrogens is 375 g/mol. The van der Waals surface area contributed by atoms with Crippen LogP contribution in [0.5, 0.6) is 0 Å². The average Bonchev–Trinajstić information content (AvgIpc) is 2.54. The average molecular weight is 389 g/mol. The van der Waals surface area contributed by atoms with Crippen LogP contribution in [0, 0.1) is 17.1 Å². The van der Waals surface area contributed by atoms with E-state index in [0.717, 1.165) is 21.8 Å². The lowest BCUT2D eigenvalue weighted by molar-refractivity contribution is 0.0951. The van der Waals surface area contributed by atoms with E-state index in [9.17, 15) is 9.18 Å². The smallest absolute Gasteiger partial charge is 0.274 e. The lowest BCUT2D eigenvalue weighted by Crippen LogP contribution is -2.19. The van der Waals surface area contributed by atoms with Crippen LogP contribution in [0.2, 0.25) is 0 Å². The van der Waals surface area contributed by atoms with Gasteiger partial charge in [0.25, 0.3) is 5.91 Å². The minimum absolute atomic E-state index is 0.151. The van der Waals surface area contributed by atoms with Gasteiger partial charge in [-0.1, -0.05) is 6.07 Å².